The molecule has 1 aromatic carbocycles. The minimum Gasteiger partial charge on any atom is -0.494 e. The van der Waals surface area contributed by atoms with Crippen LogP contribution in [0.4, 0.5) is 21.6 Å². The number of hydrogen-bond acceptors (Lipinski definition) is 6. The van der Waals surface area contributed by atoms with Gasteiger partial charge in [-0.25, -0.2) is 14.2 Å². The Hall–Kier alpha value is -2.83. The third-order valence-electron chi connectivity index (χ3n) is 2.81. The summed E-state index contributed by atoms with van der Waals surface area (Å²) in [6.45, 7) is 0. The lowest BCUT2D eigenvalue weighted by molar-refractivity contribution is 0.0602. The molecule has 6 nitrogen and oxygen atoms in total. The van der Waals surface area contributed by atoms with Crippen molar-refractivity contribution in [2.45, 2.75) is 0 Å². The first-order valence-corrected chi connectivity index (χ1v) is 6.00. The van der Waals surface area contributed by atoms with Crippen molar-refractivity contribution in [3.8, 4) is 5.75 Å². The molecule has 0 aliphatic carbocycles. The van der Waals surface area contributed by atoms with Crippen molar-refractivity contribution in [3.63, 3.8) is 0 Å². The molecule has 0 spiro atoms. The van der Waals surface area contributed by atoms with Crippen molar-refractivity contribution in [1.82, 2.24) is 4.98 Å². The zero-order valence-electron chi connectivity index (χ0n) is 11.5. The summed E-state index contributed by atoms with van der Waals surface area (Å²) in [7, 11) is 2.68. The molecule has 110 valence electrons. The van der Waals surface area contributed by atoms with Crippen LogP contribution in [-0.2, 0) is 4.74 Å². The van der Waals surface area contributed by atoms with Gasteiger partial charge in [0.1, 0.15) is 11.6 Å². The summed E-state index contributed by atoms with van der Waals surface area (Å²) >= 11 is 0. The zero-order valence-corrected chi connectivity index (χ0v) is 11.5. The summed E-state index contributed by atoms with van der Waals surface area (Å²) < 4.78 is 22.9. The van der Waals surface area contributed by atoms with E-state index < -0.39 is 11.8 Å². The molecule has 1 heterocycles. The Labute approximate surface area is 120 Å². The molecule has 0 saturated heterocycles. The van der Waals surface area contributed by atoms with E-state index in [1.807, 2.05) is 0 Å². The fraction of sp³-hybridized carbons (Fsp3) is 0.143. The van der Waals surface area contributed by atoms with Crippen LogP contribution in [0.15, 0.2) is 30.5 Å². The van der Waals surface area contributed by atoms with Gasteiger partial charge in [0, 0.05) is 12.3 Å². The lowest BCUT2D eigenvalue weighted by Gasteiger charge is -2.13. The molecule has 0 aliphatic heterocycles. The highest BCUT2D eigenvalue weighted by Crippen LogP contribution is 2.30. The molecule has 0 aliphatic rings. The summed E-state index contributed by atoms with van der Waals surface area (Å²) in [6, 6.07) is 5.43. The number of nitrogens with one attached hydrogen (secondary N) is 1. The molecule has 0 atom stereocenters. The van der Waals surface area contributed by atoms with Crippen molar-refractivity contribution in [3.05, 3.63) is 41.8 Å². The summed E-state index contributed by atoms with van der Waals surface area (Å²) in [5.74, 6) is -0.451. The van der Waals surface area contributed by atoms with Crippen LogP contribution in [0.25, 0.3) is 0 Å². The Bertz CT molecular complexity index is 677. The van der Waals surface area contributed by atoms with E-state index in [4.69, 9.17) is 10.5 Å². The Morgan fingerprint density at radius 2 is 2.10 bits per heavy atom. The number of nitrogen functional groups attached to an aromatic ring is 1. The van der Waals surface area contributed by atoms with Gasteiger partial charge in [-0.3, -0.25) is 0 Å². The average molecular weight is 291 g/mol. The Morgan fingerprint density at radius 3 is 2.76 bits per heavy atom. The lowest BCUT2D eigenvalue weighted by atomic mass is 10.2. The number of carbonyl (C=O) groups is 1. The number of carbonyl (C=O) groups excluding carboxylic acids is 1. The van der Waals surface area contributed by atoms with E-state index in [9.17, 15) is 9.18 Å². The highest BCUT2D eigenvalue weighted by atomic mass is 19.1. The highest BCUT2D eigenvalue weighted by Gasteiger charge is 2.15. The van der Waals surface area contributed by atoms with Crippen LogP contribution in [0.2, 0.25) is 0 Å². The molecule has 3 N–H and O–H groups in total. The second-order valence-electron chi connectivity index (χ2n) is 4.08. The Balaban J connectivity index is 2.38. The maximum absolute atomic E-state index is 13.2. The van der Waals surface area contributed by atoms with Crippen molar-refractivity contribution in [2.24, 2.45) is 0 Å². The van der Waals surface area contributed by atoms with Gasteiger partial charge >= 0.3 is 5.97 Å². The number of aromatic nitrogens is 1. The third kappa shape index (κ3) is 3.02. The second kappa shape index (κ2) is 6.08. The van der Waals surface area contributed by atoms with Gasteiger partial charge in [-0.1, -0.05) is 0 Å². The zero-order chi connectivity index (χ0) is 15.4. The van der Waals surface area contributed by atoms with Crippen LogP contribution in [0.5, 0.6) is 5.75 Å². The van der Waals surface area contributed by atoms with Gasteiger partial charge in [-0.05, 0) is 18.2 Å². The van der Waals surface area contributed by atoms with Crippen LogP contribution >= 0.6 is 0 Å². The third-order valence-corrected chi connectivity index (χ3v) is 2.81. The van der Waals surface area contributed by atoms with E-state index in [-0.39, 0.29) is 17.1 Å². The summed E-state index contributed by atoms with van der Waals surface area (Å²) in [5.41, 5.74) is 6.69. The molecule has 0 radical (unpaired) electrons. The maximum Gasteiger partial charge on any atom is 0.340 e. The maximum atomic E-state index is 13.2. The number of anilines is 3. The van der Waals surface area contributed by atoms with Crippen molar-refractivity contribution >= 4 is 23.2 Å². The molecule has 7 heteroatoms. The van der Waals surface area contributed by atoms with E-state index in [0.717, 1.165) is 0 Å². The predicted octanol–water partition coefficient (Wildman–Crippen LogP) is 2.34. The summed E-state index contributed by atoms with van der Waals surface area (Å²) in [4.78, 5) is 15.6. The average Bonchev–Trinajstić information content (AvgIpc) is 2.50. The van der Waals surface area contributed by atoms with Gasteiger partial charge in [-0.2, -0.15) is 0 Å². The van der Waals surface area contributed by atoms with Crippen LogP contribution < -0.4 is 15.8 Å². The standard InChI is InChI=1S/C14H14FN3O3/c1-20-11-7-8(15)3-4-10(11)18-13-12(16)9(5-6-17-13)14(19)21-2/h3-7H,16H2,1-2H3,(H,17,18). The van der Waals surface area contributed by atoms with Gasteiger partial charge < -0.3 is 20.5 Å². The largest absolute Gasteiger partial charge is 0.494 e. The van der Waals surface area contributed by atoms with Gasteiger partial charge in [-0.15, -0.1) is 0 Å². The van der Waals surface area contributed by atoms with E-state index >= 15 is 0 Å². The number of pyridine rings is 1. The van der Waals surface area contributed by atoms with E-state index in [0.29, 0.717) is 11.4 Å². The van der Waals surface area contributed by atoms with Gasteiger partial charge in [0.2, 0.25) is 0 Å². The number of ether oxygens (including phenoxy) is 2. The van der Waals surface area contributed by atoms with E-state index in [2.05, 4.69) is 15.0 Å². The molecule has 0 fully saturated rings. The molecular weight excluding hydrogens is 277 g/mol. The SMILES string of the molecule is COC(=O)c1ccnc(Nc2ccc(F)cc2OC)c1N. The van der Waals surface area contributed by atoms with Crippen LogP contribution in [0.3, 0.4) is 0 Å². The van der Waals surface area contributed by atoms with Gasteiger partial charge in [0.15, 0.2) is 5.82 Å². The topological polar surface area (TPSA) is 86.5 Å². The molecule has 0 saturated carbocycles. The number of hydrogen-bond donors (Lipinski definition) is 2. The Morgan fingerprint density at radius 1 is 1.33 bits per heavy atom. The first-order chi connectivity index (χ1) is 10.1. The normalized spacial score (nSPS) is 10.0. The van der Waals surface area contributed by atoms with Crippen LogP contribution in [0.1, 0.15) is 10.4 Å². The summed E-state index contributed by atoms with van der Waals surface area (Å²) in [5, 5.41) is 2.90. The molecule has 2 rings (SSSR count). The van der Waals surface area contributed by atoms with Crippen LogP contribution in [-0.4, -0.2) is 25.2 Å². The van der Waals surface area contributed by atoms with Crippen molar-refractivity contribution in [1.29, 1.82) is 0 Å². The van der Waals surface area contributed by atoms with E-state index in [1.165, 1.54) is 44.7 Å². The van der Waals surface area contributed by atoms with Gasteiger partial charge in [0.05, 0.1) is 31.2 Å². The first-order valence-electron chi connectivity index (χ1n) is 6.00. The molecular formula is C14H14FN3O3. The molecule has 21 heavy (non-hydrogen) atoms. The minimum absolute atomic E-state index is 0.135. The van der Waals surface area contributed by atoms with E-state index in [1.54, 1.807) is 0 Å². The molecule has 0 amide bonds. The number of rotatable bonds is 4. The molecule has 0 unspecified atom stereocenters. The minimum atomic E-state index is -0.566. The summed E-state index contributed by atoms with van der Waals surface area (Å²) in [6.07, 6.45) is 1.42. The monoisotopic (exact) mass is 291 g/mol. The number of nitrogens with zero attached hydrogens (tertiary/aromatic N) is 1. The number of esters is 1. The first kappa shape index (κ1) is 14.6. The van der Waals surface area contributed by atoms with Crippen molar-refractivity contribution in [2.75, 3.05) is 25.3 Å². The number of halogens is 1. The molecule has 2 aromatic rings. The smallest absolute Gasteiger partial charge is 0.340 e. The van der Waals surface area contributed by atoms with Gasteiger partial charge in [0.25, 0.3) is 0 Å². The molecule has 0 bridgehead atoms. The predicted molar refractivity (Wildman–Crippen MR) is 76.2 cm³/mol. The fourth-order valence-corrected chi connectivity index (χ4v) is 1.76. The van der Waals surface area contributed by atoms with Crippen molar-refractivity contribution < 1.29 is 18.7 Å². The molecule has 1 aromatic heterocycles. The quantitative estimate of drug-likeness (QED) is 0.841. The Kier molecular flexibility index (Phi) is 4.22. The number of nitrogens with two attached hydrogens (primary N) is 1. The highest BCUT2D eigenvalue weighted by molar-refractivity contribution is 5.98. The number of methoxy groups -OCH3 is 2. The number of benzene rings is 1. The van der Waals surface area contributed by atoms with Crippen LogP contribution in [0, 0.1) is 5.82 Å². The lowest BCUT2D eigenvalue weighted by Crippen LogP contribution is -2.09. The fourth-order valence-electron chi connectivity index (χ4n) is 1.76. The second-order valence-corrected chi connectivity index (χ2v) is 4.08.